The summed E-state index contributed by atoms with van der Waals surface area (Å²) in [5, 5.41) is 5.70. The Balaban J connectivity index is 4.06. The second-order valence-electron chi connectivity index (χ2n) is 10.5. The summed E-state index contributed by atoms with van der Waals surface area (Å²) in [6, 6.07) is -0.526. The summed E-state index contributed by atoms with van der Waals surface area (Å²) in [7, 11) is 1.42. The highest BCUT2D eigenvalue weighted by Crippen LogP contribution is 2.12. The summed E-state index contributed by atoms with van der Waals surface area (Å²) < 4.78 is 13.6. The van der Waals surface area contributed by atoms with Gasteiger partial charge in [0.1, 0.15) is 0 Å². The van der Waals surface area contributed by atoms with Gasteiger partial charge in [-0.25, -0.2) is 0 Å². The number of nitrogens with one attached hydrogen (secondary N) is 2. The van der Waals surface area contributed by atoms with Gasteiger partial charge in [-0.3, -0.25) is 19.2 Å². The van der Waals surface area contributed by atoms with Crippen LogP contribution in [0, 0.1) is 0 Å². The van der Waals surface area contributed by atoms with Gasteiger partial charge in [-0.2, -0.15) is 2.55 Å². The monoisotopic (exact) mass is 725 g/mol. The van der Waals surface area contributed by atoms with Gasteiger partial charge in [-0.1, -0.05) is 70.4 Å². The summed E-state index contributed by atoms with van der Waals surface area (Å²) in [5.41, 5.74) is 0. The fraction of sp³-hybridized carbons (Fsp3) is 0.806. The number of ether oxygens (including phenoxy) is 2. The van der Waals surface area contributed by atoms with Crippen LogP contribution in [0.4, 0.5) is 0 Å². The van der Waals surface area contributed by atoms with E-state index in [1.54, 1.807) is 0 Å². The lowest BCUT2D eigenvalue weighted by molar-refractivity contribution is -0.155. The largest absolute Gasteiger partial charge is 0.438 e. The first kappa shape index (κ1) is 40.7. The number of hydrogen-bond acceptors (Lipinski definition) is 8. The number of rotatable bonds is 29. The van der Waals surface area contributed by atoms with Crippen LogP contribution in [-0.4, -0.2) is 54.5 Å². The molecule has 11 heteroatoms. The lowest BCUT2D eigenvalue weighted by atomic mass is 10.0. The number of methoxy groups -OCH3 is 1. The average molecular weight is 726 g/mol. The van der Waals surface area contributed by atoms with Crippen LogP contribution in [0.3, 0.4) is 0 Å². The number of ketones is 1. The van der Waals surface area contributed by atoms with Gasteiger partial charge in [0.05, 0.1) is 16.9 Å². The second-order valence-corrected chi connectivity index (χ2v) is 13.4. The van der Waals surface area contributed by atoms with Crippen LogP contribution in [-0.2, 0) is 28.7 Å². The zero-order valence-electron chi connectivity index (χ0n) is 26.0. The zero-order chi connectivity index (χ0) is 31.1. The van der Waals surface area contributed by atoms with E-state index in [0.29, 0.717) is 36.7 Å². The number of carbonyl (C=O) groups excluding carboxylic acids is 4. The van der Waals surface area contributed by atoms with Gasteiger partial charge in [0, 0.05) is 47.5 Å². The Labute approximate surface area is 270 Å². The quantitative estimate of drug-likeness (QED) is 0.0142. The van der Waals surface area contributed by atoms with Gasteiger partial charge in [-0.05, 0) is 64.2 Å². The first-order valence-electron chi connectivity index (χ1n) is 15.8. The zero-order valence-corrected chi connectivity index (χ0v) is 29.1. The van der Waals surface area contributed by atoms with Gasteiger partial charge in [0.15, 0.2) is 12.6 Å². The Bertz CT molecular complexity index is 782. The molecule has 2 amide bonds. The predicted molar refractivity (Wildman–Crippen MR) is 181 cm³/mol. The summed E-state index contributed by atoms with van der Waals surface area (Å²) in [6.45, 7) is 2.56. The molecular weight excluding hydrogens is 669 g/mol. The van der Waals surface area contributed by atoms with Gasteiger partial charge >= 0.3 is 5.97 Å². The van der Waals surface area contributed by atoms with E-state index in [-0.39, 0.29) is 37.2 Å². The maximum atomic E-state index is 12.6. The van der Waals surface area contributed by atoms with Crippen molar-refractivity contribution in [2.45, 2.75) is 135 Å². The normalized spacial score (nSPS) is 12.3. The molecule has 0 spiro atoms. The van der Waals surface area contributed by atoms with Crippen LogP contribution < -0.4 is 10.6 Å². The molecule has 0 fully saturated rings. The van der Waals surface area contributed by atoms with E-state index in [0.717, 1.165) is 25.7 Å². The van der Waals surface area contributed by atoms with Gasteiger partial charge in [0.2, 0.25) is 11.8 Å². The molecule has 0 saturated carbocycles. The molecule has 2 N–H and O–H groups in total. The molecule has 1 unspecified atom stereocenters. The fourth-order valence-corrected chi connectivity index (χ4v) is 5.70. The Morgan fingerprint density at radius 2 is 1.45 bits per heavy atom. The highest BCUT2D eigenvalue weighted by Gasteiger charge is 2.19. The minimum absolute atomic E-state index is 0.00268. The van der Waals surface area contributed by atoms with E-state index in [1.165, 1.54) is 64.9 Å². The van der Waals surface area contributed by atoms with Crippen LogP contribution in [0.15, 0.2) is 14.7 Å². The molecule has 0 aromatic rings. The smallest absolute Gasteiger partial charge is 0.308 e. The summed E-state index contributed by atoms with van der Waals surface area (Å²) in [6.07, 6.45) is 22.7. The molecule has 0 radical (unpaired) electrons. The maximum absolute atomic E-state index is 12.6. The van der Waals surface area contributed by atoms with Gasteiger partial charge in [0.25, 0.3) is 0 Å². The number of alkyl halides is 1. The molecule has 0 bridgehead atoms. The number of thiol groups is 1. The Morgan fingerprint density at radius 1 is 0.810 bits per heavy atom. The predicted octanol–water partition coefficient (Wildman–Crippen LogP) is 7.29. The fourth-order valence-electron chi connectivity index (χ4n) is 4.32. The number of allylic oxidation sites excluding steroid dienone is 2. The van der Waals surface area contributed by atoms with Crippen LogP contribution in [0.25, 0.3) is 0 Å². The Morgan fingerprint density at radius 3 is 2.10 bits per heavy atom. The van der Waals surface area contributed by atoms with Crippen LogP contribution in [0.1, 0.15) is 129 Å². The van der Waals surface area contributed by atoms with E-state index in [4.69, 9.17) is 4.74 Å². The third kappa shape index (κ3) is 27.5. The second kappa shape index (κ2) is 31.1. The summed E-state index contributed by atoms with van der Waals surface area (Å²) in [4.78, 5) is 48.5. The lowest BCUT2D eigenvalue weighted by Gasteiger charge is -2.17. The highest BCUT2D eigenvalue weighted by molar-refractivity contribution is 14.2. The number of Topliss-reactive ketones (excluding diaryl/α,β-unsaturated/α-hetero) is 1. The molecule has 0 aromatic heterocycles. The molecule has 0 aliphatic carbocycles. The van der Waals surface area contributed by atoms with E-state index in [9.17, 15) is 19.2 Å². The standard InChI is InChI=1S/C31H56IN3O6S/c1-3-4-5-6-7-8-9-10-11-12-13-14-15-16-17-21-30(38)34-27(28(36)25-32-35-42)20-18-19-24-33-29(37)22-23-31(39)41-26-40-2/h10-11,27,42H,3-9,12-26H2,1-2H3,(H,33,37)(H,34,38)/b11-10+. The number of halogens is 1. The SMILES string of the molecule is CCCCCCCC/C=C/CCCCCCCC(=O)NC(CCCCNC(=O)CCC(=O)OCOC)C(=O)CI=NS. The number of unbranched alkanes of at least 4 members (excludes halogenated alkanes) is 12. The number of carbonyl (C=O) groups is 4. The molecule has 1 atom stereocenters. The molecule has 0 saturated heterocycles. The molecule has 0 aliphatic rings. The van der Waals surface area contributed by atoms with E-state index in [1.807, 2.05) is 0 Å². The number of nitrogens with zero attached hydrogens (tertiary/aromatic N) is 1. The average Bonchev–Trinajstić information content (AvgIpc) is 2.98. The molecule has 42 heavy (non-hydrogen) atoms. The molecule has 0 aliphatic heterocycles. The van der Waals surface area contributed by atoms with Crippen molar-refractivity contribution in [1.29, 1.82) is 0 Å². The van der Waals surface area contributed by atoms with Crippen molar-refractivity contribution in [3.63, 3.8) is 0 Å². The lowest BCUT2D eigenvalue weighted by Crippen LogP contribution is -2.41. The summed E-state index contributed by atoms with van der Waals surface area (Å²) >= 11 is 3.20. The van der Waals surface area contributed by atoms with Crippen molar-refractivity contribution in [3.05, 3.63) is 12.2 Å². The minimum Gasteiger partial charge on any atom is -0.438 e. The van der Waals surface area contributed by atoms with Crippen molar-refractivity contribution in [3.8, 4) is 0 Å². The van der Waals surface area contributed by atoms with Crippen LogP contribution >= 0.6 is 33.8 Å². The van der Waals surface area contributed by atoms with E-state index < -0.39 is 33.0 Å². The number of esters is 1. The van der Waals surface area contributed by atoms with Crippen molar-refractivity contribution in [2.24, 2.45) is 2.55 Å². The molecule has 0 rings (SSSR count). The first-order valence-corrected chi connectivity index (χ1v) is 18.6. The van der Waals surface area contributed by atoms with Crippen LogP contribution in [0.2, 0.25) is 0 Å². The molecular formula is C31H56IN3O6S. The third-order valence-electron chi connectivity index (χ3n) is 6.77. The van der Waals surface area contributed by atoms with Crippen molar-refractivity contribution < 1.29 is 28.7 Å². The van der Waals surface area contributed by atoms with E-state index >= 15 is 0 Å². The van der Waals surface area contributed by atoms with Crippen LogP contribution in [0.5, 0.6) is 0 Å². The molecule has 0 aromatic carbocycles. The maximum Gasteiger partial charge on any atom is 0.308 e. The number of hydrogen-bond donors (Lipinski definition) is 3. The molecule has 0 heterocycles. The summed E-state index contributed by atoms with van der Waals surface area (Å²) in [5.74, 6) is -0.801. The Kier molecular flexibility index (Phi) is 30.1. The van der Waals surface area contributed by atoms with Crippen molar-refractivity contribution in [2.75, 3.05) is 24.9 Å². The van der Waals surface area contributed by atoms with Crippen molar-refractivity contribution in [1.82, 2.24) is 10.6 Å². The first-order chi connectivity index (χ1) is 20.4. The van der Waals surface area contributed by atoms with E-state index in [2.05, 4.69) is 49.8 Å². The third-order valence-corrected chi connectivity index (χ3v) is 8.89. The Hall–Kier alpha value is -1.34. The minimum atomic E-state index is -0.668. The van der Waals surface area contributed by atoms with Crippen molar-refractivity contribution >= 4 is 57.4 Å². The molecule has 9 nitrogen and oxygen atoms in total. The topological polar surface area (TPSA) is 123 Å². The number of amides is 2. The molecule has 244 valence electrons. The highest BCUT2D eigenvalue weighted by atomic mass is 127. The van der Waals surface area contributed by atoms with Gasteiger partial charge < -0.3 is 20.1 Å². The van der Waals surface area contributed by atoms with Gasteiger partial charge in [-0.15, -0.1) is 0 Å².